The summed E-state index contributed by atoms with van der Waals surface area (Å²) in [6.45, 7) is 0.00701. The molecule has 9 heteroatoms. The van der Waals surface area contributed by atoms with Gasteiger partial charge in [0.2, 0.25) is 0 Å². The first-order valence-corrected chi connectivity index (χ1v) is 11.2. The number of carbonyl (C=O) groups is 3. The predicted octanol–water partition coefficient (Wildman–Crippen LogP) is 4.68. The molecule has 4 rings (SSSR count). The maximum atomic E-state index is 13.2. The number of hydrogen-bond acceptors (Lipinski definition) is 6. The van der Waals surface area contributed by atoms with Gasteiger partial charge >= 0.3 is 5.97 Å². The Morgan fingerprint density at radius 2 is 1.64 bits per heavy atom. The summed E-state index contributed by atoms with van der Waals surface area (Å²) in [6, 6.07) is 16.5. The third-order valence-electron chi connectivity index (χ3n) is 5.93. The van der Waals surface area contributed by atoms with E-state index in [-0.39, 0.29) is 29.0 Å². The molecule has 0 aromatic heterocycles. The van der Waals surface area contributed by atoms with E-state index < -0.39 is 23.7 Å². The van der Waals surface area contributed by atoms with Crippen LogP contribution in [0.5, 0.6) is 11.5 Å². The molecule has 0 spiro atoms. The number of hydrogen-bond donors (Lipinski definition) is 2. The number of ketones is 1. The van der Waals surface area contributed by atoms with Crippen LogP contribution in [-0.2, 0) is 16.1 Å². The minimum Gasteiger partial charge on any atom is -0.507 e. The van der Waals surface area contributed by atoms with Crippen LogP contribution in [0.25, 0.3) is 5.76 Å². The molecule has 1 amide bonds. The van der Waals surface area contributed by atoms with E-state index in [2.05, 4.69) is 0 Å². The van der Waals surface area contributed by atoms with Gasteiger partial charge in [0, 0.05) is 12.1 Å². The lowest BCUT2D eigenvalue weighted by atomic mass is 9.95. The number of aromatic carboxylic acids is 1. The summed E-state index contributed by atoms with van der Waals surface area (Å²) < 4.78 is 10.6. The molecule has 1 unspecified atom stereocenters. The second-order valence-electron chi connectivity index (χ2n) is 8.06. The number of methoxy groups -OCH3 is 2. The van der Waals surface area contributed by atoms with Gasteiger partial charge in [-0.15, -0.1) is 0 Å². The van der Waals surface area contributed by atoms with Crippen molar-refractivity contribution >= 4 is 35.0 Å². The molecule has 3 aromatic rings. The number of halogens is 1. The molecular weight excluding hydrogens is 486 g/mol. The Kier molecular flexibility index (Phi) is 6.98. The number of rotatable bonds is 7. The minimum atomic E-state index is -1.07. The van der Waals surface area contributed by atoms with Crippen molar-refractivity contribution in [1.82, 2.24) is 4.90 Å². The van der Waals surface area contributed by atoms with Crippen molar-refractivity contribution in [2.24, 2.45) is 0 Å². The lowest BCUT2D eigenvalue weighted by Gasteiger charge is -2.26. The second kappa shape index (κ2) is 10.1. The molecular formula is C27H22ClNO7. The maximum Gasteiger partial charge on any atom is 0.335 e. The van der Waals surface area contributed by atoms with E-state index in [9.17, 15) is 19.5 Å². The molecule has 184 valence electrons. The summed E-state index contributed by atoms with van der Waals surface area (Å²) in [7, 11) is 2.93. The largest absolute Gasteiger partial charge is 0.507 e. The monoisotopic (exact) mass is 507 g/mol. The highest BCUT2D eigenvalue weighted by Crippen LogP contribution is 2.41. The van der Waals surface area contributed by atoms with E-state index >= 15 is 0 Å². The SMILES string of the molecule is COc1cccc(C2/C(=C(/O)c3ccc(Cl)c(OC)c3)C(=O)C(=O)N2Cc2ccc(C(=O)O)cc2)c1. The van der Waals surface area contributed by atoms with Crippen LogP contribution in [0.4, 0.5) is 0 Å². The van der Waals surface area contributed by atoms with Gasteiger partial charge in [0.15, 0.2) is 0 Å². The maximum absolute atomic E-state index is 13.2. The van der Waals surface area contributed by atoms with Crippen molar-refractivity contribution < 1.29 is 34.1 Å². The number of likely N-dealkylation sites (tertiary alicyclic amines) is 1. The number of nitrogens with zero attached hydrogens (tertiary/aromatic N) is 1. The molecule has 0 aliphatic carbocycles. The van der Waals surface area contributed by atoms with Crippen LogP contribution in [0.15, 0.2) is 72.3 Å². The molecule has 1 aliphatic rings. The Labute approximate surface area is 211 Å². The Balaban J connectivity index is 1.85. The molecule has 1 saturated heterocycles. The summed E-state index contributed by atoms with van der Waals surface area (Å²) in [4.78, 5) is 39.0. The van der Waals surface area contributed by atoms with Crippen LogP contribution >= 0.6 is 11.6 Å². The Morgan fingerprint density at radius 3 is 2.28 bits per heavy atom. The minimum absolute atomic E-state index is 0.00701. The third-order valence-corrected chi connectivity index (χ3v) is 6.24. The molecule has 3 aromatic carbocycles. The van der Waals surface area contributed by atoms with E-state index in [1.807, 2.05) is 0 Å². The lowest BCUT2D eigenvalue weighted by molar-refractivity contribution is -0.140. The van der Waals surface area contributed by atoms with Gasteiger partial charge in [-0.1, -0.05) is 35.9 Å². The number of aliphatic hydroxyl groups is 1. The number of Topliss-reactive ketones (excluding diaryl/α,β-unsaturated/α-hetero) is 1. The van der Waals surface area contributed by atoms with Gasteiger partial charge in [0.05, 0.1) is 36.4 Å². The summed E-state index contributed by atoms with van der Waals surface area (Å²) >= 11 is 6.11. The van der Waals surface area contributed by atoms with Crippen molar-refractivity contribution in [2.45, 2.75) is 12.6 Å². The van der Waals surface area contributed by atoms with Crippen LogP contribution in [0, 0.1) is 0 Å². The molecule has 0 saturated carbocycles. The van der Waals surface area contributed by atoms with Gasteiger partial charge in [0.1, 0.15) is 17.3 Å². The molecule has 36 heavy (non-hydrogen) atoms. The Morgan fingerprint density at radius 1 is 0.944 bits per heavy atom. The molecule has 1 heterocycles. The molecule has 8 nitrogen and oxygen atoms in total. The summed E-state index contributed by atoms with van der Waals surface area (Å²) in [5, 5.41) is 20.7. The molecule has 0 bridgehead atoms. The van der Waals surface area contributed by atoms with Crippen molar-refractivity contribution in [2.75, 3.05) is 14.2 Å². The number of carboxylic acid groups (broad SMARTS) is 1. The fraction of sp³-hybridized carbons (Fsp3) is 0.148. The standard InChI is InChI=1S/C27H22ClNO7/c1-35-19-5-3-4-17(12-19)23-22(24(30)18-10-11-20(28)21(13-18)36-2)25(31)26(32)29(23)14-15-6-8-16(9-7-15)27(33)34/h3-13,23,30H,14H2,1-2H3,(H,33,34)/b24-22-. The molecule has 0 radical (unpaired) electrons. The van der Waals surface area contributed by atoms with Gasteiger partial charge in [-0.05, 0) is 53.6 Å². The smallest absolute Gasteiger partial charge is 0.335 e. The highest BCUT2D eigenvalue weighted by Gasteiger charge is 2.46. The first-order valence-electron chi connectivity index (χ1n) is 10.8. The molecule has 2 N–H and O–H groups in total. The van der Waals surface area contributed by atoms with Gasteiger partial charge in [-0.25, -0.2) is 4.79 Å². The van der Waals surface area contributed by atoms with Gasteiger partial charge < -0.3 is 24.6 Å². The van der Waals surface area contributed by atoms with E-state index in [0.717, 1.165) is 0 Å². The number of amides is 1. The van der Waals surface area contributed by atoms with Crippen LogP contribution in [0.3, 0.4) is 0 Å². The second-order valence-corrected chi connectivity index (χ2v) is 8.46. The number of aliphatic hydroxyl groups excluding tert-OH is 1. The average Bonchev–Trinajstić information content (AvgIpc) is 3.13. The van der Waals surface area contributed by atoms with Crippen molar-refractivity contribution in [3.63, 3.8) is 0 Å². The summed E-state index contributed by atoms with van der Waals surface area (Å²) in [5.74, 6) is -2.29. The van der Waals surface area contributed by atoms with Crippen LogP contribution in [-0.4, -0.2) is 47.0 Å². The van der Waals surface area contributed by atoms with E-state index in [1.54, 1.807) is 36.4 Å². The van der Waals surface area contributed by atoms with Crippen molar-refractivity contribution in [1.29, 1.82) is 0 Å². The molecule has 1 fully saturated rings. The van der Waals surface area contributed by atoms with E-state index in [1.165, 1.54) is 49.5 Å². The Bertz CT molecular complexity index is 1380. The molecule has 1 atom stereocenters. The zero-order valence-corrected chi connectivity index (χ0v) is 20.2. The average molecular weight is 508 g/mol. The fourth-order valence-electron chi connectivity index (χ4n) is 4.11. The predicted molar refractivity (Wildman–Crippen MR) is 132 cm³/mol. The van der Waals surface area contributed by atoms with Crippen molar-refractivity contribution in [3.05, 3.63) is 99.6 Å². The first kappa shape index (κ1) is 24.8. The zero-order valence-electron chi connectivity index (χ0n) is 19.4. The number of carbonyl (C=O) groups excluding carboxylic acids is 2. The summed E-state index contributed by atoms with van der Waals surface area (Å²) in [6.07, 6.45) is 0. The normalized spacial score (nSPS) is 16.8. The number of benzene rings is 3. The lowest BCUT2D eigenvalue weighted by Crippen LogP contribution is -2.29. The van der Waals surface area contributed by atoms with Gasteiger partial charge in [0.25, 0.3) is 11.7 Å². The Hall–Kier alpha value is -4.30. The van der Waals surface area contributed by atoms with E-state index in [4.69, 9.17) is 26.2 Å². The fourth-order valence-corrected chi connectivity index (χ4v) is 4.31. The topological polar surface area (TPSA) is 113 Å². The van der Waals surface area contributed by atoms with E-state index in [0.29, 0.717) is 27.6 Å². The van der Waals surface area contributed by atoms with Crippen LogP contribution in [0.1, 0.15) is 33.1 Å². The van der Waals surface area contributed by atoms with Crippen LogP contribution in [0.2, 0.25) is 5.02 Å². The number of carboxylic acids is 1. The van der Waals surface area contributed by atoms with Crippen LogP contribution < -0.4 is 9.47 Å². The summed E-state index contributed by atoms with van der Waals surface area (Å²) in [5.41, 5.74) is 1.43. The van der Waals surface area contributed by atoms with Gasteiger partial charge in [-0.2, -0.15) is 0 Å². The molecule has 1 aliphatic heterocycles. The van der Waals surface area contributed by atoms with Gasteiger partial charge in [-0.3, -0.25) is 9.59 Å². The highest BCUT2D eigenvalue weighted by molar-refractivity contribution is 6.46. The number of ether oxygens (including phenoxy) is 2. The zero-order chi connectivity index (χ0) is 26.0. The first-order chi connectivity index (χ1) is 17.2. The highest BCUT2D eigenvalue weighted by atomic mass is 35.5. The quantitative estimate of drug-likeness (QED) is 0.271. The third kappa shape index (κ3) is 4.63. The van der Waals surface area contributed by atoms with Crippen molar-refractivity contribution in [3.8, 4) is 11.5 Å².